The van der Waals surface area contributed by atoms with Crippen molar-refractivity contribution in [1.82, 2.24) is 0 Å². The lowest BCUT2D eigenvalue weighted by Crippen LogP contribution is -2.31. The Balaban J connectivity index is 2.05. The highest BCUT2D eigenvalue weighted by Gasteiger charge is 2.28. The van der Waals surface area contributed by atoms with Gasteiger partial charge in [0.05, 0.1) is 12.1 Å². The largest absolute Gasteiger partial charge is 0.508 e. The average Bonchev–Trinajstić information content (AvgIpc) is 2.81. The molecule has 88 valence electrons. The van der Waals surface area contributed by atoms with Gasteiger partial charge in [-0.25, -0.2) is 0 Å². The first-order valence-electron chi connectivity index (χ1n) is 5.91. The van der Waals surface area contributed by atoms with Gasteiger partial charge in [-0.1, -0.05) is 25.0 Å². The lowest BCUT2D eigenvalue weighted by molar-refractivity contribution is 0.0845. The topological polar surface area (TPSA) is 66.5 Å². The third-order valence-corrected chi connectivity index (χ3v) is 3.53. The average molecular weight is 221 g/mol. The maximum absolute atomic E-state index is 10.2. The molecule has 1 aliphatic carbocycles. The van der Waals surface area contributed by atoms with Crippen molar-refractivity contribution in [3.05, 3.63) is 29.8 Å². The first-order valence-corrected chi connectivity index (χ1v) is 5.91. The Morgan fingerprint density at radius 3 is 2.25 bits per heavy atom. The molecule has 1 aliphatic rings. The van der Waals surface area contributed by atoms with Gasteiger partial charge in [-0.05, 0) is 36.5 Å². The Hall–Kier alpha value is -1.06. The molecule has 1 saturated carbocycles. The number of hydrogen-bond acceptors (Lipinski definition) is 3. The summed E-state index contributed by atoms with van der Waals surface area (Å²) in [7, 11) is 0. The van der Waals surface area contributed by atoms with Crippen LogP contribution in [0.5, 0.6) is 5.75 Å². The quantitative estimate of drug-likeness (QED) is 0.730. The van der Waals surface area contributed by atoms with Crippen molar-refractivity contribution in [3.63, 3.8) is 0 Å². The van der Waals surface area contributed by atoms with Gasteiger partial charge >= 0.3 is 0 Å². The number of phenols is 1. The van der Waals surface area contributed by atoms with Crippen LogP contribution >= 0.6 is 0 Å². The van der Waals surface area contributed by atoms with E-state index in [-0.39, 0.29) is 11.8 Å². The van der Waals surface area contributed by atoms with Crippen molar-refractivity contribution in [2.75, 3.05) is 0 Å². The van der Waals surface area contributed by atoms with Crippen molar-refractivity contribution in [2.24, 2.45) is 11.7 Å². The molecule has 0 spiro atoms. The van der Waals surface area contributed by atoms with Crippen molar-refractivity contribution in [3.8, 4) is 5.75 Å². The van der Waals surface area contributed by atoms with Gasteiger partial charge in [-0.3, -0.25) is 0 Å². The zero-order valence-corrected chi connectivity index (χ0v) is 9.34. The van der Waals surface area contributed by atoms with Gasteiger partial charge < -0.3 is 15.9 Å². The van der Waals surface area contributed by atoms with Gasteiger partial charge in [-0.2, -0.15) is 0 Å². The maximum Gasteiger partial charge on any atom is 0.115 e. The molecule has 3 nitrogen and oxygen atoms in total. The fraction of sp³-hybridized carbons (Fsp3) is 0.538. The number of benzene rings is 1. The number of rotatable bonds is 3. The van der Waals surface area contributed by atoms with Crippen LogP contribution in [0.2, 0.25) is 0 Å². The summed E-state index contributed by atoms with van der Waals surface area (Å²) in [5.41, 5.74) is 6.92. The number of phenolic OH excluding ortho intramolecular Hbond substituents is 1. The van der Waals surface area contributed by atoms with E-state index < -0.39 is 6.10 Å². The second-order valence-electron chi connectivity index (χ2n) is 4.65. The van der Waals surface area contributed by atoms with Crippen LogP contribution in [0.3, 0.4) is 0 Å². The monoisotopic (exact) mass is 221 g/mol. The Bertz CT molecular complexity index is 330. The normalized spacial score (nSPS) is 20.9. The minimum absolute atomic E-state index is 0.228. The van der Waals surface area contributed by atoms with Crippen LogP contribution in [-0.2, 0) is 0 Å². The number of aliphatic hydroxyl groups excluding tert-OH is 1. The van der Waals surface area contributed by atoms with Crippen LogP contribution in [0.25, 0.3) is 0 Å². The van der Waals surface area contributed by atoms with E-state index in [1.165, 1.54) is 12.8 Å². The molecule has 4 N–H and O–H groups in total. The highest BCUT2D eigenvalue weighted by atomic mass is 16.3. The first kappa shape index (κ1) is 11.4. The van der Waals surface area contributed by atoms with Crippen molar-refractivity contribution >= 4 is 0 Å². The molecule has 0 radical (unpaired) electrons. The minimum Gasteiger partial charge on any atom is -0.508 e. The molecule has 0 unspecified atom stereocenters. The zero-order chi connectivity index (χ0) is 11.5. The van der Waals surface area contributed by atoms with Crippen LogP contribution < -0.4 is 5.73 Å². The van der Waals surface area contributed by atoms with Gasteiger partial charge in [0.1, 0.15) is 5.75 Å². The number of nitrogens with two attached hydrogens (primary N) is 1. The van der Waals surface area contributed by atoms with E-state index in [4.69, 9.17) is 5.73 Å². The molecule has 0 saturated heterocycles. The summed E-state index contributed by atoms with van der Waals surface area (Å²) in [4.78, 5) is 0. The van der Waals surface area contributed by atoms with Gasteiger partial charge in [0.15, 0.2) is 0 Å². The molecule has 0 bridgehead atoms. The van der Waals surface area contributed by atoms with E-state index in [1.54, 1.807) is 24.3 Å². The van der Waals surface area contributed by atoms with Gasteiger partial charge in [-0.15, -0.1) is 0 Å². The summed E-state index contributed by atoms with van der Waals surface area (Å²) in [6.07, 6.45) is 4.08. The summed E-state index contributed by atoms with van der Waals surface area (Å²) in [5, 5.41) is 19.3. The second-order valence-corrected chi connectivity index (χ2v) is 4.65. The van der Waals surface area contributed by atoms with Crippen molar-refractivity contribution in [1.29, 1.82) is 0 Å². The molecule has 2 rings (SSSR count). The predicted molar refractivity (Wildman–Crippen MR) is 63.0 cm³/mol. The van der Waals surface area contributed by atoms with Crippen LogP contribution in [0.1, 0.15) is 37.3 Å². The summed E-state index contributed by atoms with van der Waals surface area (Å²) >= 11 is 0. The molecule has 1 aromatic rings. The molecular formula is C13H19NO2. The zero-order valence-electron chi connectivity index (χ0n) is 9.34. The van der Waals surface area contributed by atoms with Crippen LogP contribution in [0.15, 0.2) is 24.3 Å². The second kappa shape index (κ2) is 4.85. The molecule has 16 heavy (non-hydrogen) atoms. The standard InChI is InChI=1S/C13H19NO2/c14-12(9-5-7-11(15)8-6-9)13(16)10-3-1-2-4-10/h5-8,10,12-13,15-16H,1-4,14H2/t12-,13+/m1/s1. The maximum atomic E-state index is 10.2. The Kier molecular flexibility index (Phi) is 3.46. The van der Waals surface area contributed by atoms with Crippen molar-refractivity contribution in [2.45, 2.75) is 37.8 Å². The fourth-order valence-electron chi connectivity index (χ4n) is 2.49. The summed E-state index contributed by atoms with van der Waals surface area (Å²) < 4.78 is 0. The molecule has 0 amide bonds. The SMILES string of the molecule is N[C@H](c1ccc(O)cc1)[C@@H](O)C1CCCC1. The lowest BCUT2D eigenvalue weighted by Gasteiger charge is -2.24. The van der Waals surface area contributed by atoms with Crippen LogP contribution in [0, 0.1) is 5.92 Å². The molecule has 2 atom stereocenters. The van der Waals surface area contributed by atoms with E-state index in [9.17, 15) is 10.2 Å². The lowest BCUT2D eigenvalue weighted by atomic mass is 9.91. The third-order valence-electron chi connectivity index (χ3n) is 3.53. The summed E-state index contributed by atoms with van der Waals surface area (Å²) in [6, 6.07) is 6.42. The summed E-state index contributed by atoms with van der Waals surface area (Å²) in [5.74, 6) is 0.565. The Labute approximate surface area is 95.9 Å². The van der Waals surface area contributed by atoms with Gasteiger partial charge in [0.2, 0.25) is 0 Å². The number of aliphatic hydroxyl groups is 1. The third kappa shape index (κ3) is 2.36. The van der Waals surface area contributed by atoms with Crippen molar-refractivity contribution < 1.29 is 10.2 Å². The molecule has 0 heterocycles. The van der Waals surface area contributed by atoms with E-state index in [2.05, 4.69) is 0 Å². The molecule has 1 fully saturated rings. The first-order chi connectivity index (χ1) is 7.68. The predicted octanol–water partition coefficient (Wildman–Crippen LogP) is 1.94. The molecule has 3 heteroatoms. The smallest absolute Gasteiger partial charge is 0.115 e. The Morgan fingerprint density at radius 2 is 1.69 bits per heavy atom. The van der Waals surface area contributed by atoms with E-state index in [0.29, 0.717) is 5.92 Å². The van der Waals surface area contributed by atoms with E-state index in [0.717, 1.165) is 18.4 Å². The number of aromatic hydroxyl groups is 1. The minimum atomic E-state index is -0.466. The molecule has 0 aromatic heterocycles. The molecular weight excluding hydrogens is 202 g/mol. The Morgan fingerprint density at radius 1 is 1.12 bits per heavy atom. The van der Waals surface area contributed by atoms with Crippen LogP contribution in [0.4, 0.5) is 0 Å². The van der Waals surface area contributed by atoms with E-state index in [1.807, 2.05) is 0 Å². The highest BCUT2D eigenvalue weighted by Crippen LogP contribution is 2.32. The van der Waals surface area contributed by atoms with Gasteiger partial charge in [0.25, 0.3) is 0 Å². The molecule has 1 aromatic carbocycles. The van der Waals surface area contributed by atoms with Gasteiger partial charge in [0, 0.05) is 0 Å². The highest BCUT2D eigenvalue weighted by molar-refractivity contribution is 5.28. The van der Waals surface area contributed by atoms with Crippen LogP contribution in [-0.4, -0.2) is 16.3 Å². The molecule has 0 aliphatic heterocycles. The number of hydrogen-bond donors (Lipinski definition) is 3. The van der Waals surface area contributed by atoms with E-state index >= 15 is 0 Å². The summed E-state index contributed by atoms with van der Waals surface area (Å²) in [6.45, 7) is 0. The fourth-order valence-corrected chi connectivity index (χ4v) is 2.49.